The summed E-state index contributed by atoms with van der Waals surface area (Å²) in [5, 5.41) is 13.9. The number of likely N-dealkylation sites (N-methyl/N-ethyl adjacent to an activating group) is 1. The average Bonchev–Trinajstić information content (AvgIpc) is 3.69. The van der Waals surface area contributed by atoms with Gasteiger partial charge >= 0.3 is 0 Å². The fourth-order valence-corrected chi connectivity index (χ4v) is 10.8. The molecule has 0 rings (SSSR count). The van der Waals surface area contributed by atoms with E-state index in [9.17, 15) is 19.4 Å². The maximum Gasteiger partial charge on any atom is 0.268 e. The molecule has 0 aromatic carbocycles. The molecule has 8 nitrogen and oxygen atoms in total. The molecule has 500 valence electrons. The van der Waals surface area contributed by atoms with E-state index in [-0.39, 0.29) is 12.5 Å². The summed E-state index contributed by atoms with van der Waals surface area (Å²) >= 11 is 0. The van der Waals surface area contributed by atoms with Crippen molar-refractivity contribution in [3.8, 4) is 0 Å². The number of phosphoric ester groups is 1. The molecule has 0 aliphatic rings. The van der Waals surface area contributed by atoms with Crippen LogP contribution in [0.3, 0.4) is 0 Å². The smallest absolute Gasteiger partial charge is 0.268 e. The van der Waals surface area contributed by atoms with Crippen molar-refractivity contribution >= 4 is 13.7 Å². The first-order valence-corrected chi connectivity index (χ1v) is 37.5. The molecule has 0 aliphatic carbocycles. The van der Waals surface area contributed by atoms with E-state index in [1.165, 1.54) is 180 Å². The van der Waals surface area contributed by atoms with Gasteiger partial charge in [0.15, 0.2) is 0 Å². The van der Waals surface area contributed by atoms with Crippen molar-refractivity contribution < 1.29 is 32.9 Å². The Balaban J connectivity index is 4.13. The summed E-state index contributed by atoms with van der Waals surface area (Å²) in [5.41, 5.74) is 0. The second kappa shape index (κ2) is 67.0. The second-order valence-corrected chi connectivity index (χ2v) is 26.6. The number of allylic oxidation sites excluding steroid dienone is 21. The lowest BCUT2D eigenvalue weighted by molar-refractivity contribution is -0.870. The molecule has 0 heterocycles. The zero-order chi connectivity index (χ0) is 63.4. The summed E-state index contributed by atoms with van der Waals surface area (Å²) < 4.78 is 23.4. The number of hydrogen-bond donors (Lipinski definition) is 2. The van der Waals surface area contributed by atoms with Gasteiger partial charge < -0.3 is 28.8 Å². The van der Waals surface area contributed by atoms with Crippen LogP contribution in [0, 0.1) is 0 Å². The Bertz CT molecular complexity index is 1880. The Kier molecular flexibility index (Phi) is 64.5. The van der Waals surface area contributed by atoms with E-state index in [1.807, 2.05) is 27.2 Å². The van der Waals surface area contributed by atoms with Crippen molar-refractivity contribution in [1.29, 1.82) is 0 Å². The van der Waals surface area contributed by atoms with Crippen molar-refractivity contribution in [2.24, 2.45) is 0 Å². The number of nitrogens with zero attached hydrogens (tertiary/aromatic N) is 1. The van der Waals surface area contributed by atoms with Crippen LogP contribution in [0.15, 0.2) is 134 Å². The Hall–Kier alpha value is -3.36. The first-order valence-electron chi connectivity index (χ1n) is 36.0. The highest BCUT2D eigenvalue weighted by atomic mass is 31.2. The number of aliphatic hydroxyl groups is 1. The van der Waals surface area contributed by atoms with Crippen LogP contribution in [-0.4, -0.2) is 68.5 Å². The number of nitrogens with one attached hydrogen (secondary N) is 1. The van der Waals surface area contributed by atoms with E-state index < -0.39 is 26.6 Å². The Labute approximate surface area is 538 Å². The molecular weight excluding hydrogens is 1090 g/mol. The highest BCUT2D eigenvalue weighted by Crippen LogP contribution is 2.38. The predicted octanol–water partition coefficient (Wildman–Crippen LogP) is 22.8. The maximum absolute atomic E-state index is 13.0. The van der Waals surface area contributed by atoms with Gasteiger partial charge in [-0.3, -0.25) is 9.36 Å². The molecule has 9 heteroatoms. The number of rotatable bonds is 65. The van der Waals surface area contributed by atoms with Gasteiger partial charge in [0, 0.05) is 6.42 Å². The van der Waals surface area contributed by atoms with Gasteiger partial charge in [-0.1, -0.05) is 327 Å². The number of aliphatic hydroxyl groups excluding tert-OH is 1. The quantitative estimate of drug-likeness (QED) is 0.0272. The molecule has 2 N–H and O–H groups in total. The van der Waals surface area contributed by atoms with Gasteiger partial charge in [0.2, 0.25) is 5.91 Å². The highest BCUT2D eigenvalue weighted by molar-refractivity contribution is 7.45. The van der Waals surface area contributed by atoms with Crippen LogP contribution in [-0.2, 0) is 18.4 Å². The third-order valence-electron chi connectivity index (χ3n) is 15.6. The van der Waals surface area contributed by atoms with Gasteiger partial charge in [0.1, 0.15) is 13.2 Å². The van der Waals surface area contributed by atoms with E-state index in [4.69, 9.17) is 9.05 Å². The van der Waals surface area contributed by atoms with Crippen LogP contribution < -0.4 is 10.2 Å². The Morgan fingerprint density at radius 1 is 0.414 bits per heavy atom. The minimum Gasteiger partial charge on any atom is -0.756 e. The van der Waals surface area contributed by atoms with E-state index in [0.717, 1.165) is 103 Å². The van der Waals surface area contributed by atoms with E-state index in [2.05, 4.69) is 141 Å². The van der Waals surface area contributed by atoms with E-state index in [0.29, 0.717) is 17.4 Å². The van der Waals surface area contributed by atoms with Crippen LogP contribution in [0.4, 0.5) is 0 Å². The van der Waals surface area contributed by atoms with Crippen molar-refractivity contribution in [3.05, 3.63) is 134 Å². The summed E-state index contributed by atoms with van der Waals surface area (Å²) in [6.07, 6.45) is 101. The van der Waals surface area contributed by atoms with Crippen molar-refractivity contribution in [1.82, 2.24) is 5.32 Å². The SMILES string of the molecule is CC/C=C\C/C=C\C/C=C\C/C=C\C/C=C\C/C=C\C/C=C\C/C=C\C/C=C\CCCCCCCCCCCCCC(=O)NC(COP(=O)([O-])OCC[N+](C)(C)C)C(O)/C=C/CC/C=C/CCCCCCCCCCCCCCCCCCCCCC. The predicted molar refractivity (Wildman–Crippen MR) is 380 cm³/mol. The van der Waals surface area contributed by atoms with Crippen molar-refractivity contribution in [2.75, 3.05) is 40.9 Å². The maximum atomic E-state index is 13.0. The van der Waals surface area contributed by atoms with Crippen LogP contribution in [0.1, 0.15) is 303 Å². The van der Waals surface area contributed by atoms with Gasteiger partial charge in [0.05, 0.1) is 39.9 Å². The largest absolute Gasteiger partial charge is 0.756 e. The summed E-state index contributed by atoms with van der Waals surface area (Å²) in [7, 11) is 1.23. The molecule has 0 radical (unpaired) electrons. The molecule has 0 saturated heterocycles. The van der Waals surface area contributed by atoms with Gasteiger partial charge in [-0.05, 0) is 103 Å². The number of carbonyl (C=O) groups excluding carboxylic acids is 1. The third-order valence-corrected chi connectivity index (χ3v) is 16.6. The van der Waals surface area contributed by atoms with E-state index >= 15 is 0 Å². The molecule has 0 fully saturated rings. The molecule has 1 amide bonds. The highest BCUT2D eigenvalue weighted by Gasteiger charge is 2.23. The number of unbranched alkanes of at least 4 members (excludes halogenated alkanes) is 32. The van der Waals surface area contributed by atoms with Gasteiger partial charge in [-0.25, -0.2) is 0 Å². The fraction of sp³-hybridized carbons (Fsp3) is 0.705. The molecule has 0 aliphatic heterocycles. The summed E-state index contributed by atoms with van der Waals surface area (Å²) in [6, 6.07) is -0.915. The number of carbonyl (C=O) groups is 1. The molecular formula is C78H137N2O6P. The summed E-state index contributed by atoms with van der Waals surface area (Å²) in [5.74, 6) is -0.213. The molecule has 87 heavy (non-hydrogen) atoms. The fourth-order valence-electron chi connectivity index (χ4n) is 10.0. The molecule has 0 spiro atoms. The summed E-state index contributed by atoms with van der Waals surface area (Å²) in [4.78, 5) is 25.6. The van der Waals surface area contributed by atoms with Crippen molar-refractivity contribution in [3.63, 3.8) is 0 Å². The molecule has 3 unspecified atom stereocenters. The second-order valence-electron chi connectivity index (χ2n) is 25.2. The van der Waals surface area contributed by atoms with Crippen LogP contribution in [0.25, 0.3) is 0 Å². The van der Waals surface area contributed by atoms with Crippen molar-refractivity contribution in [2.45, 2.75) is 315 Å². The summed E-state index contributed by atoms with van der Waals surface area (Å²) in [6.45, 7) is 4.53. The molecule has 0 aromatic heterocycles. The first-order chi connectivity index (χ1) is 42.5. The zero-order valence-electron chi connectivity index (χ0n) is 57.2. The zero-order valence-corrected chi connectivity index (χ0v) is 58.1. The molecule has 0 saturated carbocycles. The van der Waals surface area contributed by atoms with Gasteiger partial charge in [0.25, 0.3) is 7.82 Å². The average molecular weight is 1230 g/mol. The minimum atomic E-state index is -4.62. The number of hydrogen-bond acceptors (Lipinski definition) is 6. The molecule has 0 bridgehead atoms. The number of amides is 1. The molecule has 3 atom stereocenters. The van der Waals surface area contributed by atoms with Gasteiger partial charge in [-0.2, -0.15) is 0 Å². The van der Waals surface area contributed by atoms with Gasteiger partial charge in [-0.15, -0.1) is 0 Å². The third kappa shape index (κ3) is 70.0. The lowest BCUT2D eigenvalue weighted by atomic mass is 10.0. The van der Waals surface area contributed by atoms with Crippen LogP contribution >= 0.6 is 7.82 Å². The van der Waals surface area contributed by atoms with Crippen LogP contribution in [0.2, 0.25) is 0 Å². The molecule has 0 aromatic rings. The monoisotopic (exact) mass is 1230 g/mol. The van der Waals surface area contributed by atoms with Crippen LogP contribution in [0.5, 0.6) is 0 Å². The normalized spacial score (nSPS) is 14.4. The van der Waals surface area contributed by atoms with E-state index in [1.54, 1.807) is 6.08 Å². The lowest BCUT2D eigenvalue weighted by Crippen LogP contribution is -2.45. The lowest BCUT2D eigenvalue weighted by Gasteiger charge is -2.29. The standard InChI is InChI=1S/C78H137N2O6P/c1-6-8-10-12-14-16-18-20-22-24-26-28-30-32-34-35-36-37-38-39-40-41-42-43-44-45-46-48-50-52-54-56-58-60-62-64-66-68-70-72-78(82)79-76(75-86-87(83,84)85-74-73-80(3,4)5)77(81)71-69-67-65-63-61-59-57-55-53-51-49-47-33-31-29-27-25-23-21-19-17-15-13-11-9-7-2/h8,10,14,16,20,22,26,28,32,34,36-37,39-40,42-43,45-46,61,63,69,71,76-77,81H,6-7,9,11-13,15,17-19,21,23-25,27,29-31,33,35,38,41,44,47-60,62,64-68,70,72-75H2,1-5H3,(H-,79,82,83,84)/b10-8-,16-14-,22-20-,28-26-,34-32-,37-36-,40-39-,43-42-,46-45-,63-61+,71-69+. The Morgan fingerprint density at radius 2 is 0.713 bits per heavy atom. The minimum absolute atomic E-state index is 0.0122. The number of phosphoric acid groups is 1. The topological polar surface area (TPSA) is 108 Å². The number of quaternary nitrogens is 1. The first kappa shape index (κ1) is 83.6. The Morgan fingerprint density at radius 3 is 1.07 bits per heavy atom.